The van der Waals surface area contributed by atoms with Gasteiger partial charge in [0.25, 0.3) is 0 Å². The molecule has 0 aliphatic rings. The first-order valence-corrected chi connectivity index (χ1v) is 7.41. The Balaban J connectivity index is 2.07. The van der Waals surface area contributed by atoms with Crippen molar-refractivity contribution in [2.75, 3.05) is 6.61 Å². The predicted octanol–water partition coefficient (Wildman–Crippen LogP) is 3.16. The van der Waals surface area contributed by atoms with Crippen molar-refractivity contribution in [2.45, 2.75) is 20.4 Å². The lowest BCUT2D eigenvalue weighted by atomic mass is 10.2. The first-order valence-electron chi connectivity index (χ1n) is 7.41. The van der Waals surface area contributed by atoms with Crippen LogP contribution in [-0.4, -0.2) is 27.2 Å². The van der Waals surface area contributed by atoms with E-state index in [0.29, 0.717) is 5.88 Å². The number of aryl methyl sites for hydroxylation is 1. The monoisotopic (exact) mass is 310 g/mol. The molecule has 5 nitrogen and oxygen atoms in total. The molecule has 5 heteroatoms. The summed E-state index contributed by atoms with van der Waals surface area (Å²) < 4.78 is 7.56. The number of benzene rings is 1. The van der Waals surface area contributed by atoms with Gasteiger partial charge in [-0.1, -0.05) is 30.3 Å². The summed E-state index contributed by atoms with van der Waals surface area (Å²) >= 11 is 0. The maximum Gasteiger partial charge on any atom is 0.341 e. The molecule has 0 aliphatic carbocycles. The summed E-state index contributed by atoms with van der Waals surface area (Å²) in [7, 11) is 0. The number of hydrogen-bond donors (Lipinski definition) is 1. The summed E-state index contributed by atoms with van der Waals surface area (Å²) in [4.78, 5) is 15.0. The quantitative estimate of drug-likeness (QED) is 0.786. The number of carboxylic acid groups (broad SMARTS) is 1. The van der Waals surface area contributed by atoms with E-state index in [1.54, 1.807) is 6.20 Å². The van der Waals surface area contributed by atoms with Crippen molar-refractivity contribution in [3.05, 3.63) is 59.4 Å². The van der Waals surface area contributed by atoms with Crippen LogP contribution in [0.3, 0.4) is 0 Å². The molecule has 0 spiro atoms. The zero-order valence-electron chi connectivity index (χ0n) is 13.1. The molecule has 0 radical (unpaired) electrons. The second-order valence-corrected chi connectivity index (χ2v) is 5.47. The Morgan fingerprint density at radius 1 is 1.22 bits per heavy atom. The molecule has 3 rings (SSSR count). The van der Waals surface area contributed by atoms with Gasteiger partial charge < -0.3 is 14.4 Å². The summed E-state index contributed by atoms with van der Waals surface area (Å²) in [6, 6.07) is 12.1. The van der Waals surface area contributed by atoms with Crippen LogP contribution < -0.4 is 4.74 Å². The lowest BCUT2D eigenvalue weighted by Crippen LogP contribution is -2.10. The van der Waals surface area contributed by atoms with Crippen LogP contribution in [0.25, 0.3) is 10.9 Å². The molecule has 2 aromatic heterocycles. The van der Waals surface area contributed by atoms with E-state index < -0.39 is 12.6 Å². The highest BCUT2D eigenvalue weighted by molar-refractivity contribution is 5.89. The minimum atomic E-state index is -1.01. The molecule has 0 saturated heterocycles. The summed E-state index contributed by atoms with van der Waals surface area (Å²) in [5, 5.41) is 9.69. The normalized spacial score (nSPS) is 10.9. The standard InChI is InChI=1S/C18H18N2O3/c1-12-13(2)20(10-14-6-4-3-5-7-14)15-8-9-19-18(17(12)15)23-11-16(21)22/h3-9H,10-11H2,1-2H3,(H,21,22). The van der Waals surface area contributed by atoms with Crippen molar-refractivity contribution in [1.29, 1.82) is 0 Å². The third kappa shape index (κ3) is 2.90. The van der Waals surface area contributed by atoms with Gasteiger partial charge in [0.15, 0.2) is 6.61 Å². The highest BCUT2D eigenvalue weighted by Gasteiger charge is 2.16. The van der Waals surface area contributed by atoms with Gasteiger partial charge in [0.1, 0.15) is 0 Å². The molecule has 3 aromatic rings. The third-order valence-corrected chi connectivity index (χ3v) is 4.02. The number of pyridine rings is 1. The van der Waals surface area contributed by atoms with Crippen LogP contribution >= 0.6 is 0 Å². The highest BCUT2D eigenvalue weighted by atomic mass is 16.5. The summed E-state index contributed by atoms with van der Waals surface area (Å²) in [5.41, 5.74) is 4.39. The number of ether oxygens (including phenoxy) is 1. The second kappa shape index (κ2) is 6.12. The van der Waals surface area contributed by atoms with Crippen LogP contribution in [0.5, 0.6) is 5.88 Å². The van der Waals surface area contributed by atoms with Crippen molar-refractivity contribution >= 4 is 16.9 Å². The number of rotatable bonds is 5. The molecule has 0 aliphatic heterocycles. The smallest absolute Gasteiger partial charge is 0.341 e. The van der Waals surface area contributed by atoms with E-state index in [-0.39, 0.29) is 0 Å². The van der Waals surface area contributed by atoms with Crippen LogP contribution in [0, 0.1) is 13.8 Å². The molecule has 0 saturated carbocycles. The summed E-state index contributed by atoms with van der Waals surface area (Å²) in [5.74, 6) is -0.640. The molecule has 0 bridgehead atoms. The van der Waals surface area contributed by atoms with Gasteiger partial charge in [-0.25, -0.2) is 9.78 Å². The minimum absolute atomic E-state index is 0.373. The number of carboxylic acids is 1. The molecule has 118 valence electrons. The molecule has 1 N–H and O–H groups in total. The molecule has 23 heavy (non-hydrogen) atoms. The van der Waals surface area contributed by atoms with E-state index >= 15 is 0 Å². The number of fused-ring (bicyclic) bond motifs is 1. The van der Waals surface area contributed by atoms with Gasteiger partial charge >= 0.3 is 5.97 Å². The zero-order valence-corrected chi connectivity index (χ0v) is 13.1. The van der Waals surface area contributed by atoms with E-state index in [1.807, 2.05) is 31.2 Å². The number of carbonyl (C=O) groups is 1. The van der Waals surface area contributed by atoms with Crippen LogP contribution in [0.1, 0.15) is 16.8 Å². The van der Waals surface area contributed by atoms with Gasteiger partial charge in [0.2, 0.25) is 5.88 Å². The Morgan fingerprint density at radius 2 is 1.96 bits per heavy atom. The predicted molar refractivity (Wildman–Crippen MR) is 87.9 cm³/mol. The molecule has 0 amide bonds. The third-order valence-electron chi connectivity index (χ3n) is 4.02. The Labute approximate surface area is 134 Å². The van der Waals surface area contributed by atoms with Crippen LogP contribution in [0.4, 0.5) is 0 Å². The Hall–Kier alpha value is -2.82. The Bertz CT molecular complexity index is 854. The maximum atomic E-state index is 10.7. The first kappa shape index (κ1) is 15.1. The summed E-state index contributed by atoms with van der Waals surface area (Å²) in [6.45, 7) is 4.42. The summed E-state index contributed by atoms with van der Waals surface area (Å²) in [6.07, 6.45) is 1.65. The number of nitrogens with zero attached hydrogens (tertiary/aromatic N) is 2. The van der Waals surface area contributed by atoms with Gasteiger partial charge in [-0.15, -0.1) is 0 Å². The lowest BCUT2D eigenvalue weighted by molar-refractivity contribution is -0.139. The molecular weight excluding hydrogens is 292 g/mol. The van der Waals surface area contributed by atoms with Gasteiger partial charge in [-0.2, -0.15) is 0 Å². The van der Waals surface area contributed by atoms with E-state index in [1.165, 1.54) is 5.56 Å². The number of aliphatic carboxylic acids is 1. The maximum absolute atomic E-state index is 10.7. The first-order chi connectivity index (χ1) is 11.1. The average molecular weight is 310 g/mol. The van der Waals surface area contributed by atoms with Gasteiger partial charge in [-0.3, -0.25) is 0 Å². The van der Waals surface area contributed by atoms with Crippen molar-refractivity contribution in [2.24, 2.45) is 0 Å². The SMILES string of the molecule is Cc1c(C)n(Cc2ccccc2)c2ccnc(OCC(=O)O)c12. The van der Waals surface area contributed by atoms with Crippen molar-refractivity contribution in [3.63, 3.8) is 0 Å². The molecule has 0 fully saturated rings. The van der Waals surface area contributed by atoms with Crippen LogP contribution in [0.15, 0.2) is 42.6 Å². The largest absolute Gasteiger partial charge is 0.479 e. The molecule has 2 heterocycles. The van der Waals surface area contributed by atoms with Crippen molar-refractivity contribution in [3.8, 4) is 5.88 Å². The molecular formula is C18H18N2O3. The van der Waals surface area contributed by atoms with Gasteiger partial charge in [-0.05, 0) is 31.0 Å². The lowest BCUT2D eigenvalue weighted by Gasteiger charge is -2.09. The van der Waals surface area contributed by atoms with E-state index in [4.69, 9.17) is 9.84 Å². The molecule has 0 unspecified atom stereocenters. The zero-order chi connectivity index (χ0) is 16.4. The van der Waals surface area contributed by atoms with Crippen LogP contribution in [-0.2, 0) is 11.3 Å². The van der Waals surface area contributed by atoms with Crippen molar-refractivity contribution in [1.82, 2.24) is 9.55 Å². The fourth-order valence-corrected chi connectivity index (χ4v) is 2.78. The number of aromatic nitrogens is 2. The number of hydrogen-bond acceptors (Lipinski definition) is 3. The van der Waals surface area contributed by atoms with Crippen LogP contribution in [0.2, 0.25) is 0 Å². The minimum Gasteiger partial charge on any atom is -0.479 e. The second-order valence-electron chi connectivity index (χ2n) is 5.47. The Kier molecular flexibility index (Phi) is 4.02. The topological polar surface area (TPSA) is 64.4 Å². The fourth-order valence-electron chi connectivity index (χ4n) is 2.78. The average Bonchev–Trinajstić information content (AvgIpc) is 2.79. The van der Waals surface area contributed by atoms with Gasteiger partial charge in [0.05, 0.1) is 10.9 Å². The van der Waals surface area contributed by atoms with E-state index in [9.17, 15) is 4.79 Å². The Morgan fingerprint density at radius 3 is 2.65 bits per heavy atom. The van der Waals surface area contributed by atoms with Crippen molar-refractivity contribution < 1.29 is 14.6 Å². The molecule has 1 aromatic carbocycles. The van der Waals surface area contributed by atoms with Gasteiger partial charge in [0, 0.05) is 18.4 Å². The molecule has 0 atom stereocenters. The highest BCUT2D eigenvalue weighted by Crippen LogP contribution is 2.31. The van der Waals surface area contributed by atoms with E-state index in [2.05, 4.69) is 28.6 Å². The van der Waals surface area contributed by atoms with E-state index in [0.717, 1.165) is 28.7 Å². The fraction of sp³-hybridized carbons (Fsp3) is 0.222.